The summed E-state index contributed by atoms with van der Waals surface area (Å²) in [4.78, 5) is 13.9. The SMILES string of the molecule is CN(C(=O)C(C)(C)C)C1CCCCC1Cl. The molecule has 1 aliphatic carbocycles. The number of alkyl halides is 1. The van der Waals surface area contributed by atoms with Crippen molar-refractivity contribution in [2.24, 2.45) is 5.41 Å². The summed E-state index contributed by atoms with van der Waals surface area (Å²) in [6.07, 6.45) is 4.47. The van der Waals surface area contributed by atoms with Crippen molar-refractivity contribution in [2.45, 2.75) is 57.9 Å². The van der Waals surface area contributed by atoms with Crippen molar-refractivity contribution < 1.29 is 4.79 Å². The second kappa shape index (κ2) is 4.73. The summed E-state index contributed by atoms with van der Waals surface area (Å²) < 4.78 is 0. The first kappa shape index (κ1) is 12.8. The van der Waals surface area contributed by atoms with Gasteiger partial charge in [-0.25, -0.2) is 0 Å². The second-order valence-corrected chi connectivity index (χ2v) is 6.09. The van der Waals surface area contributed by atoms with Crippen molar-refractivity contribution >= 4 is 17.5 Å². The molecule has 1 amide bonds. The summed E-state index contributed by atoms with van der Waals surface area (Å²) in [5, 5.41) is 0.134. The number of hydrogen-bond acceptors (Lipinski definition) is 1. The van der Waals surface area contributed by atoms with Gasteiger partial charge in [-0.3, -0.25) is 4.79 Å². The lowest BCUT2D eigenvalue weighted by Gasteiger charge is -2.38. The maximum atomic E-state index is 12.1. The Bertz CT molecular complexity index is 234. The van der Waals surface area contributed by atoms with E-state index in [0.717, 1.165) is 12.8 Å². The average Bonchev–Trinajstić information content (AvgIpc) is 2.15. The van der Waals surface area contributed by atoms with Gasteiger partial charge in [0, 0.05) is 18.5 Å². The van der Waals surface area contributed by atoms with Gasteiger partial charge in [-0.05, 0) is 12.8 Å². The third-order valence-electron chi connectivity index (χ3n) is 3.11. The molecule has 1 saturated carbocycles. The minimum Gasteiger partial charge on any atom is -0.341 e. The Morgan fingerprint density at radius 3 is 2.27 bits per heavy atom. The molecule has 0 heterocycles. The molecule has 15 heavy (non-hydrogen) atoms. The fraction of sp³-hybridized carbons (Fsp3) is 0.917. The van der Waals surface area contributed by atoms with Gasteiger partial charge in [-0.2, -0.15) is 0 Å². The van der Waals surface area contributed by atoms with Gasteiger partial charge in [-0.1, -0.05) is 33.6 Å². The third-order valence-corrected chi connectivity index (χ3v) is 3.62. The van der Waals surface area contributed by atoms with Gasteiger partial charge in [0.1, 0.15) is 0 Å². The predicted octanol–water partition coefficient (Wildman–Crippen LogP) is 3.04. The topological polar surface area (TPSA) is 20.3 Å². The van der Waals surface area contributed by atoms with E-state index in [-0.39, 0.29) is 22.7 Å². The summed E-state index contributed by atoms with van der Waals surface area (Å²) in [5.41, 5.74) is -0.303. The number of hydrogen-bond donors (Lipinski definition) is 0. The molecular formula is C12H22ClNO. The smallest absolute Gasteiger partial charge is 0.227 e. The summed E-state index contributed by atoms with van der Waals surface area (Å²) in [6.45, 7) is 5.87. The quantitative estimate of drug-likeness (QED) is 0.636. The predicted molar refractivity (Wildman–Crippen MR) is 64.1 cm³/mol. The Balaban J connectivity index is 2.66. The number of rotatable bonds is 1. The van der Waals surface area contributed by atoms with E-state index < -0.39 is 0 Å². The van der Waals surface area contributed by atoms with E-state index in [2.05, 4.69) is 0 Å². The molecule has 0 bridgehead atoms. The summed E-state index contributed by atoms with van der Waals surface area (Å²) in [7, 11) is 1.89. The molecular weight excluding hydrogens is 210 g/mol. The van der Waals surface area contributed by atoms with Gasteiger partial charge in [0.25, 0.3) is 0 Å². The fourth-order valence-corrected chi connectivity index (χ4v) is 2.63. The van der Waals surface area contributed by atoms with Gasteiger partial charge in [0.15, 0.2) is 0 Å². The highest BCUT2D eigenvalue weighted by atomic mass is 35.5. The van der Waals surface area contributed by atoms with Crippen LogP contribution in [0.3, 0.4) is 0 Å². The summed E-state index contributed by atoms with van der Waals surface area (Å²) >= 11 is 6.28. The molecule has 0 aromatic rings. The highest BCUT2D eigenvalue weighted by molar-refractivity contribution is 6.21. The van der Waals surface area contributed by atoms with E-state index in [1.807, 2.05) is 32.7 Å². The normalized spacial score (nSPS) is 27.5. The first-order chi connectivity index (χ1) is 6.84. The van der Waals surface area contributed by atoms with Crippen LogP contribution in [0.25, 0.3) is 0 Å². The van der Waals surface area contributed by atoms with Crippen LogP contribution in [0.4, 0.5) is 0 Å². The van der Waals surface area contributed by atoms with Crippen molar-refractivity contribution in [2.75, 3.05) is 7.05 Å². The molecule has 88 valence electrons. The van der Waals surface area contributed by atoms with Crippen LogP contribution < -0.4 is 0 Å². The Hall–Kier alpha value is -0.240. The largest absolute Gasteiger partial charge is 0.341 e. The van der Waals surface area contributed by atoms with E-state index in [9.17, 15) is 4.79 Å². The Kier molecular flexibility index (Phi) is 4.05. The summed E-state index contributed by atoms with van der Waals surface area (Å²) in [5.74, 6) is 0.194. The lowest BCUT2D eigenvalue weighted by molar-refractivity contribution is -0.140. The van der Waals surface area contributed by atoms with Gasteiger partial charge in [0.05, 0.1) is 5.38 Å². The monoisotopic (exact) mass is 231 g/mol. The minimum atomic E-state index is -0.303. The fourth-order valence-electron chi connectivity index (χ4n) is 2.18. The van der Waals surface area contributed by atoms with Crippen molar-refractivity contribution in [3.63, 3.8) is 0 Å². The zero-order valence-electron chi connectivity index (χ0n) is 10.2. The van der Waals surface area contributed by atoms with Crippen molar-refractivity contribution in [3.8, 4) is 0 Å². The van der Waals surface area contributed by atoms with Crippen LogP contribution in [-0.2, 0) is 4.79 Å². The van der Waals surface area contributed by atoms with E-state index in [4.69, 9.17) is 11.6 Å². The summed E-state index contributed by atoms with van der Waals surface area (Å²) in [6, 6.07) is 0.229. The number of amides is 1. The molecule has 1 rings (SSSR count). The highest BCUT2D eigenvalue weighted by Crippen LogP contribution is 2.29. The highest BCUT2D eigenvalue weighted by Gasteiger charge is 2.33. The molecule has 2 unspecified atom stereocenters. The van der Waals surface area contributed by atoms with Crippen LogP contribution >= 0.6 is 11.6 Å². The zero-order valence-corrected chi connectivity index (χ0v) is 11.0. The first-order valence-corrected chi connectivity index (χ1v) is 6.19. The molecule has 3 heteroatoms. The van der Waals surface area contributed by atoms with Crippen molar-refractivity contribution in [3.05, 3.63) is 0 Å². The van der Waals surface area contributed by atoms with Gasteiger partial charge in [0.2, 0.25) is 5.91 Å². The minimum absolute atomic E-state index is 0.134. The van der Waals surface area contributed by atoms with Crippen LogP contribution in [0.15, 0.2) is 0 Å². The second-order valence-electron chi connectivity index (χ2n) is 5.53. The molecule has 0 N–H and O–H groups in total. The number of carbonyl (C=O) groups excluding carboxylic acids is 1. The Labute approximate surface area is 98.0 Å². The third kappa shape index (κ3) is 3.10. The Morgan fingerprint density at radius 1 is 1.27 bits per heavy atom. The molecule has 1 fully saturated rings. The average molecular weight is 232 g/mol. The standard InChI is InChI=1S/C12H22ClNO/c1-12(2,3)11(15)14(4)10-8-6-5-7-9(10)13/h9-10H,5-8H2,1-4H3. The van der Waals surface area contributed by atoms with Crippen molar-refractivity contribution in [1.82, 2.24) is 4.90 Å². The zero-order chi connectivity index (χ0) is 11.6. The van der Waals surface area contributed by atoms with E-state index in [1.165, 1.54) is 12.8 Å². The molecule has 0 aromatic carbocycles. The molecule has 2 atom stereocenters. The molecule has 1 aliphatic rings. The molecule has 0 aliphatic heterocycles. The van der Waals surface area contributed by atoms with E-state index in [1.54, 1.807) is 0 Å². The van der Waals surface area contributed by atoms with Crippen molar-refractivity contribution in [1.29, 1.82) is 0 Å². The van der Waals surface area contributed by atoms with Gasteiger partial charge in [-0.15, -0.1) is 11.6 Å². The van der Waals surface area contributed by atoms with Crippen LogP contribution in [0, 0.1) is 5.41 Å². The maximum absolute atomic E-state index is 12.1. The molecule has 0 saturated heterocycles. The van der Waals surface area contributed by atoms with Gasteiger partial charge >= 0.3 is 0 Å². The number of halogens is 1. The number of carbonyl (C=O) groups is 1. The van der Waals surface area contributed by atoms with Crippen LogP contribution in [0.1, 0.15) is 46.5 Å². The van der Waals surface area contributed by atoms with Crippen LogP contribution in [0.2, 0.25) is 0 Å². The lowest BCUT2D eigenvalue weighted by Crippen LogP contribution is -2.48. The van der Waals surface area contributed by atoms with Crippen LogP contribution in [-0.4, -0.2) is 29.3 Å². The molecule has 0 spiro atoms. The maximum Gasteiger partial charge on any atom is 0.227 e. The molecule has 0 aromatic heterocycles. The van der Waals surface area contributed by atoms with E-state index in [0.29, 0.717) is 0 Å². The van der Waals surface area contributed by atoms with Gasteiger partial charge < -0.3 is 4.90 Å². The first-order valence-electron chi connectivity index (χ1n) is 5.75. The Morgan fingerprint density at radius 2 is 1.80 bits per heavy atom. The number of nitrogens with zero attached hydrogens (tertiary/aromatic N) is 1. The van der Waals surface area contributed by atoms with Crippen LogP contribution in [0.5, 0.6) is 0 Å². The molecule has 0 radical (unpaired) electrons. The molecule has 2 nitrogen and oxygen atoms in total. The van der Waals surface area contributed by atoms with E-state index >= 15 is 0 Å². The lowest BCUT2D eigenvalue weighted by atomic mass is 9.90.